The van der Waals surface area contributed by atoms with Crippen molar-refractivity contribution in [2.45, 2.75) is 0 Å². The van der Waals surface area contributed by atoms with E-state index in [2.05, 4.69) is 10.2 Å². The van der Waals surface area contributed by atoms with Gasteiger partial charge >= 0.3 is 0 Å². The zero-order chi connectivity index (χ0) is 19.9. The van der Waals surface area contributed by atoms with Gasteiger partial charge in [-0.2, -0.15) is 11.3 Å². The van der Waals surface area contributed by atoms with Crippen LogP contribution in [-0.2, 0) is 4.79 Å². The van der Waals surface area contributed by atoms with Gasteiger partial charge in [-0.15, -0.1) is 0 Å². The zero-order valence-electron chi connectivity index (χ0n) is 15.2. The number of benzene rings is 1. The van der Waals surface area contributed by atoms with E-state index in [1.54, 1.807) is 18.2 Å². The van der Waals surface area contributed by atoms with Crippen molar-refractivity contribution < 1.29 is 14.3 Å². The molecule has 2 amide bonds. The third-order valence-electron chi connectivity index (χ3n) is 4.43. The number of carbonyl (C=O) groups excluding carboxylic acids is 2. The molecule has 0 unspecified atom stereocenters. The molecule has 9 heteroatoms. The minimum Gasteiger partial charge on any atom is -0.482 e. The van der Waals surface area contributed by atoms with Crippen LogP contribution in [0, 0.1) is 0 Å². The third-order valence-corrected chi connectivity index (χ3v) is 5.64. The van der Waals surface area contributed by atoms with Crippen molar-refractivity contribution in [2.24, 2.45) is 0 Å². The number of rotatable bonds is 7. The van der Waals surface area contributed by atoms with Gasteiger partial charge in [0.25, 0.3) is 11.8 Å². The highest BCUT2D eigenvalue weighted by Gasteiger charge is 2.22. The van der Waals surface area contributed by atoms with Crippen molar-refractivity contribution in [3.63, 3.8) is 0 Å². The summed E-state index contributed by atoms with van der Waals surface area (Å²) in [5, 5.41) is 7.51. The molecule has 1 N–H and O–H groups in total. The topological polar surface area (TPSA) is 61.9 Å². The number of halogens is 2. The summed E-state index contributed by atoms with van der Waals surface area (Å²) in [5.41, 5.74) is 0.756. The minimum absolute atomic E-state index is 0.0900. The second-order valence-corrected chi connectivity index (χ2v) is 7.98. The average Bonchev–Trinajstić information content (AvgIpc) is 3.22. The lowest BCUT2D eigenvalue weighted by molar-refractivity contribution is -0.123. The van der Waals surface area contributed by atoms with Gasteiger partial charge in [-0.05, 0) is 29.6 Å². The van der Waals surface area contributed by atoms with Gasteiger partial charge in [0.05, 0.1) is 10.6 Å². The molecule has 0 radical (unpaired) electrons. The molecule has 2 aromatic rings. The van der Waals surface area contributed by atoms with Gasteiger partial charge in [-0.25, -0.2) is 0 Å². The molecule has 0 atom stereocenters. The van der Waals surface area contributed by atoms with Crippen LogP contribution < -0.4 is 10.1 Å². The Bertz CT molecular complexity index is 809. The number of ether oxygens (including phenoxy) is 1. The lowest BCUT2D eigenvalue weighted by Crippen LogP contribution is -2.50. The molecule has 1 aliphatic heterocycles. The van der Waals surface area contributed by atoms with E-state index in [-0.39, 0.29) is 18.4 Å². The third kappa shape index (κ3) is 5.85. The molecule has 0 aliphatic carbocycles. The second kappa shape index (κ2) is 10.1. The van der Waals surface area contributed by atoms with Gasteiger partial charge in [-0.3, -0.25) is 14.5 Å². The van der Waals surface area contributed by atoms with Crippen LogP contribution in [0.1, 0.15) is 10.4 Å². The Hall–Kier alpha value is -1.80. The molecule has 6 nitrogen and oxygen atoms in total. The zero-order valence-corrected chi connectivity index (χ0v) is 17.5. The molecule has 1 saturated heterocycles. The molecule has 1 aliphatic rings. The normalized spacial score (nSPS) is 14.7. The van der Waals surface area contributed by atoms with Crippen molar-refractivity contribution in [3.8, 4) is 5.75 Å². The van der Waals surface area contributed by atoms with Crippen LogP contribution in [0.4, 0.5) is 0 Å². The number of hydrogen-bond donors (Lipinski definition) is 1. The summed E-state index contributed by atoms with van der Waals surface area (Å²) in [4.78, 5) is 28.4. The maximum absolute atomic E-state index is 12.3. The van der Waals surface area contributed by atoms with Gasteiger partial charge in [0.1, 0.15) is 5.75 Å². The lowest BCUT2D eigenvalue weighted by atomic mass is 10.2. The van der Waals surface area contributed by atoms with E-state index >= 15 is 0 Å². The van der Waals surface area contributed by atoms with Gasteiger partial charge < -0.3 is 15.0 Å². The Morgan fingerprint density at radius 1 is 1.14 bits per heavy atom. The predicted octanol–water partition coefficient (Wildman–Crippen LogP) is 3.01. The Balaban J connectivity index is 1.32. The van der Waals surface area contributed by atoms with E-state index in [9.17, 15) is 9.59 Å². The van der Waals surface area contributed by atoms with Crippen LogP contribution in [0.2, 0.25) is 10.0 Å². The summed E-state index contributed by atoms with van der Waals surface area (Å²) in [6.45, 7) is 4.13. The van der Waals surface area contributed by atoms with Crippen molar-refractivity contribution >= 4 is 46.4 Å². The molecular formula is C19H21Cl2N3O3S. The molecule has 28 heavy (non-hydrogen) atoms. The smallest absolute Gasteiger partial charge is 0.257 e. The molecule has 0 saturated carbocycles. The summed E-state index contributed by atoms with van der Waals surface area (Å²) < 4.78 is 5.41. The van der Waals surface area contributed by atoms with Crippen molar-refractivity contribution in [2.75, 3.05) is 45.9 Å². The fourth-order valence-corrected chi connectivity index (χ4v) is 3.98. The predicted molar refractivity (Wildman–Crippen MR) is 112 cm³/mol. The van der Waals surface area contributed by atoms with Gasteiger partial charge in [0.15, 0.2) is 6.61 Å². The molecular weight excluding hydrogens is 421 g/mol. The first-order valence-electron chi connectivity index (χ1n) is 8.91. The number of thiophene rings is 1. The van der Waals surface area contributed by atoms with Crippen LogP contribution in [0.5, 0.6) is 5.75 Å². The number of amides is 2. The van der Waals surface area contributed by atoms with E-state index in [0.717, 1.165) is 25.2 Å². The number of carbonyl (C=O) groups is 2. The summed E-state index contributed by atoms with van der Waals surface area (Å²) in [6.07, 6.45) is 0. The lowest BCUT2D eigenvalue weighted by Gasteiger charge is -2.34. The molecule has 3 rings (SSSR count). The highest BCUT2D eigenvalue weighted by molar-refractivity contribution is 7.08. The SMILES string of the molecule is O=C(COc1ccc(Cl)cc1Cl)NCCN1CCN(C(=O)c2ccsc2)CC1. The largest absolute Gasteiger partial charge is 0.482 e. The molecule has 1 fully saturated rings. The fraction of sp³-hybridized carbons (Fsp3) is 0.368. The maximum atomic E-state index is 12.3. The van der Waals surface area contributed by atoms with Gasteiger partial charge in [0, 0.05) is 49.7 Å². The number of hydrogen-bond acceptors (Lipinski definition) is 5. The summed E-state index contributed by atoms with van der Waals surface area (Å²) in [5.74, 6) is 0.303. The standard InChI is InChI=1S/C19H21Cl2N3O3S/c20-15-1-2-17(16(21)11-15)27-12-18(25)22-4-5-23-6-8-24(9-7-23)19(26)14-3-10-28-13-14/h1-3,10-11,13H,4-9,12H2,(H,22,25). The number of nitrogens with one attached hydrogen (secondary N) is 1. The first kappa shape index (κ1) is 20.9. The Labute approximate surface area is 178 Å². The minimum atomic E-state index is -0.211. The molecule has 150 valence electrons. The fourth-order valence-electron chi connectivity index (χ4n) is 2.88. The molecule has 1 aromatic carbocycles. The van der Waals surface area contributed by atoms with Crippen LogP contribution in [-0.4, -0.2) is 67.5 Å². The first-order chi connectivity index (χ1) is 13.5. The van der Waals surface area contributed by atoms with E-state index in [1.807, 2.05) is 21.7 Å². The Kier molecular flexibility index (Phi) is 7.56. The quantitative estimate of drug-likeness (QED) is 0.716. The van der Waals surface area contributed by atoms with Crippen LogP contribution in [0.15, 0.2) is 35.0 Å². The monoisotopic (exact) mass is 441 g/mol. The highest BCUT2D eigenvalue weighted by atomic mass is 35.5. The van der Waals surface area contributed by atoms with Crippen LogP contribution >= 0.6 is 34.5 Å². The van der Waals surface area contributed by atoms with Crippen LogP contribution in [0.3, 0.4) is 0 Å². The Morgan fingerprint density at radius 3 is 2.61 bits per heavy atom. The number of nitrogens with zero attached hydrogens (tertiary/aromatic N) is 2. The van der Waals surface area contributed by atoms with Crippen molar-refractivity contribution in [1.82, 2.24) is 15.1 Å². The summed E-state index contributed by atoms with van der Waals surface area (Å²) in [6, 6.07) is 6.71. The highest BCUT2D eigenvalue weighted by Crippen LogP contribution is 2.27. The maximum Gasteiger partial charge on any atom is 0.257 e. The molecule has 1 aromatic heterocycles. The van der Waals surface area contributed by atoms with Gasteiger partial charge in [-0.1, -0.05) is 23.2 Å². The average molecular weight is 442 g/mol. The summed E-state index contributed by atoms with van der Waals surface area (Å²) in [7, 11) is 0. The Morgan fingerprint density at radius 2 is 1.93 bits per heavy atom. The molecule has 0 spiro atoms. The van der Waals surface area contributed by atoms with Crippen LogP contribution in [0.25, 0.3) is 0 Å². The van der Waals surface area contributed by atoms with E-state index < -0.39 is 0 Å². The van der Waals surface area contributed by atoms with Crippen molar-refractivity contribution in [3.05, 3.63) is 50.6 Å². The van der Waals surface area contributed by atoms with E-state index in [4.69, 9.17) is 27.9 Å². The summed E-state index contributed by atoms with van der Waals surface area (Å²) >= 11 is 13.4. The second-order valence-electron chi connectivity index (χ2n) is 6.36. The molecule has 2 heterocycles. The number of piperazine rings is 1. The van der Waals surface area contributed by atoms with E-state index in [0.29, 0.717) is 35.4 Å². The van der Waals surface area contributed by atoms with Gasteiger partial charge in [0.2, 0.25) is 0 Å². The molecule has 0 bridgehead atoms. The van der Waals surface area contributed by atoms with Crippen molar-refractivity contribution in [1.29, 1.82) is 0 Å². The first-order valence-corrected chi connectivity index (χ1v) is 10.6. The van der Waals surface area contributed by atoms with E-state index in [1.165, 1.54) is 11.3 Å².